The molecule has 3 aliphatic rings. The van der Waals surface area contributed by atoms with Crippen LogP contribution < -0.4 is 26.7 Å². The second-order valence-electron chi connectivity index (χ2n) is 21.8. The largest absolute Gasteiger partial charge is 0.497 e. The molecule has 2 aromatic carbocycles. The number of carbonyl (C=O) groups is 2. The molecule has 2 amide bonds. The van der Waals surface area contributed by atoms with Crippen molar-refractivity contribution >= 4 is 59.6 Å². The molecular weight excluding hydrogens is 1000 g/mol. The van der Waals surface area contributed by atoms with Crippen molar-refractivity contribution in [3.05, 3.63) is 101 Å². The molecule has 6 aromatic rings. The number of carbonyl (C=O) groups excluding carboxylic acids is 2. The topological polar surface area (TPSA) is 232 Å². The molecule has 1 saturated heterocycles. The second kappa shape index (κ2) is 23.6. The van der Waals surface area contributed by atoms with E-state index < -0.39 is 47.5 Å². The normalized spacial score (nSPS) is 17.7. The van der Waals surface area contributed by atoms with Crippen LogP contribution in [0, 0.1) is 11.6 Å². The molecule has 20 nitrogen and oxygen atoms in total. The fraction of sp³-hybridized carbons (Fsp3) is 0.500. The van der Waals surface area contributed by atoms with Gasteiger partial charge in [-0.1, -0.05) is 18.9 Å². The number of benzene rings is 2. The van der Waals surface area contributed by atoms with E-state index in [4.69, 9.17) is 30.4 Å². The Morgan fingerprint density at radius 1 is 0.684 bits per heavy atom. The number of rotatable bonds is 8. The minimum atomic E-state index is -0.745. The number of aryl methyl sites for hydroxylation is 4. The summed E-state index contributed by atoms with van der Waals surface area (Å²) in [5.41, 5.74) is 3.55. The predicted molar refractivity (Wildman–Crippen MR) is 284 cm³/mol. The molecule has 0 saturated carbocycles. The Hall–Kier alpha value is -6.85. The van der Waals surface area contributed by atoms with Crippen LogP contribution >= 0.6 is 11.6 Å². The molecule has 1 aliphatic heterocycles. The van der Waals surface area contributed by atoms with Gasteiger partial charge in [-0.2, -0.15) is 20.2 Å². The molecule has 0 spiro atoms. The summed E-state index contributed by atoms with van der Waals surface area (Å²) in [5.74, 6) is 0.104. The zero-order valence-electron chi connectivity index (χ0n) is 45.2. The maximum absolute atomic E-state index is 15.3. The standard InChI is InChI=1S/C23H28FN7O2.C22H33BFNO4.C7H7ClN6/c1-23(2,3)33-22(32)29-19-8-6-5-7-14-9-17(18(24)10-16(14)19)20-25-13-26-21(30-20)28-15-11-27-31(4)12-15;1-20(2,3)27-19(26)25-18-11-9-8-10-14-12-16(17(24)13-15(14)18)23-28-21(4,5)22(6,7)29-23;1-14-3-5(2-11-14)12-7-10-4-9-6(8)13-7/h9-13,19H,5-8H2,1-4H3,(H,29,32)(H,25,26,28,30);12-13,18H,8-11H2,1-7H3,(H,25,26);2-4H,1H3,(H,9,10,12,13)/t19-;18-;/m11./s1. The van der Waals surface area contributed by atoms with Crippen molar-refractivity contribution in [3.63, 3.8) is 0 Å². The van der Waals surface area contributed by atoms with E-state index in [0.717, 1.165) is 79.3 Å². The zero-order chi connectivity index (χ0) is 55.2. The molecule has 4 N–H and O–H groups in total. The Morgan fingerprint density at radius 3 is 1.63 bits per heavy atom. The molecule has 2 aliphatic carbocycles. The summed E-state index contributed by atoms with van der Waals surface area (Å²) in [4.78, 5) is 48.8. The first-order valence-electron chi connectivity index (χ1n) is 25.3. The molecule has 2 atom stereocenters. The molecule has 0 radical (unpaired) electrons. The van der Waals surface area contributed by atoms with Gasteiger partial charge in [0.05, 0.1) is 52.6 Å². The number of aromatic nitrogens is 10. The Labute approximate surface area is 447 Å². The minimum Gasteiger partial charge on any atom is -0.444 e. The van der Waals surface area contributed by atoms with Crippen LogP contribution in [0.4, 0.5) is 41.6 Å². The van der Waals surface area contributed by atoms with E-state index in [0.29, 0.717) is 28.6 Å². The molecule has 76 heavy (non-hydrogen) atoms. The Morgan fingerprint density at radius 2 is 1.16 bits per heavy atom. The number of alkyl carbamates (subject to hydrolysis) is 2. The van der Waals surface area contributed by atoms with Crippen molar-refractivity contribution in [2.75, 3.05) is 10.6 Å². The molecule has 406 valence electrons. The van der Waals surface area contributed by atoms with Crippen molar-refractivity contribution in [3.8, 4) is 11.4 Å². The monoisotopic (exact) mass is 1070 g/mol. The van der Waals surface area contributed by atoms with Gasteiger partial charge in [0.2, 0.25) is 17.2 Å². The summed E-state index contributed by atoms with van der Waals surface area (Å²) in [6.07, 6.45) is 15.5. The molecule has 0 bridgehead atoms. The first kappa shape index (κ1) is 56.9. The van der Waals surface area contributed by atoms with Crippen LogP contribution in [0.3, 0.4) is 0 Å². The quantitative estimate of drug-likeness (QED) is 0.0820. The SMILES string of the molecule is CC(C)(C)OC(=O)N[C@@H]1CCCCc2cc(B3OC(C)(C)C(C)(C)O3)c(F)cc21.Cn1cc(Nc2ncnc(-c3cc4c(cc3F)[C@H](NC(=O)OC(C)(C)C)CCCC4)n2)cn1.Cn1cc(Nc2ncnc(Cl)n2)cn1. The highest BCUT2D eigenvalue weighted by atomic mass is 35.5. The molecule has 5 heterocycles. The Kier molecular flexibility index (Phi) is 17.7. The van der Waals surface area contributed by atoms with Crippen LogP contribution in [-0.2, 0) is 45.7 Å². The number of amides is 2. The maximum Gasteiger partial charge on any atom is 0.497 e. The number of anilines is 4. The van der Waals surface area contributed by atoms with Crippen molar-refractivity contribution < 1.29 is 37.2 Å². The smallest absolute Gasteiger partial charge is 0.444 e. The first-order valence-corrected chi connectivity index (χ1v) is 25.6. The average molecular weight is 1070 g/mol. The lowest BCUT2D eigenvalue weighted by Gasteiger charge is -2.32. The zero-order valence-corrected chi connectivity index (χ0v) is 46.0. The van der Waals surface area contributed by atoms with Crippen molar-refractivity contribution in [2.24, 2.45) is 14.1 Å². The molecule has 1 fully saturated rings. The van der Waals surface area contributed by atoms with Crippen molar-refractivity contribution in [1.29, 1.82) is 0 Å². The minimum absolute atomic E-state index is 0.159. The summed E-state index contributed by atoms with van der Waals surface area (Å²) in [6, 6.07) is 6.05. The Bertz CT molecular complexity index is 2980. The highest BCUT2D eigenvalue weighted by molar-refractivity contribution is 6.62. The number of hydrogen-bond donors (Lipinski definition) is 4. The average Bonchev–Trinajstić information content (AvgIpc) is 3.88. The number of halogens is 3. The van der Waals surface area contributed by atoms with E-state index in [-0.39, 0.29) is 29.0 Å². The van der Waals surface area contributed by atoms with Gasteiger partial charge in [0.15, 0.2) is 5.82 Å². The molecule has 24 heteroatoms. The van der Waals surface area contributed by atoms with Crippen LogP contribution in [0.1, 0.15) is 142 Å². The van der Waals surface area contributed by atoms with E-state index in [1.54, 1.807) is 47.3 Å². The van der Waals surface area contributed by atoms with Gasteiger partial charge in [0.1, 0.15) is 35.5 Å². The van der Waals surface area contributed by atoms with Crippen LogP contribution in [0.25, 0.3) is 11.4 Å². The van der Waals surface area contributed by atoms with E-state index in [9.17, 15) is 9.59 Å². The number of hydrogen-bond acceptors (Lipinski definition) is 16. The lowest BCUT2D eigenvalue weighted by Crippen LogP contribution is -2.41. The van der Waals surface area contributed by atoms with Crippen LogP contribution in [0.5, 0.6) is 0 Å². The lowest BCUT2D eigenvalue weighted by molar-refractivity contribution is 0.00578. The number of fused-ring (bicyclic) bond motifs is 2. The van der Waals surface area contributed by atoms with E-state index in [2.05, 4.69) is 61.4 Å². The van der Waals surface area contributed by atoms with Gasteiger partial charge in [-0.3, -0.25) is 9.36 Å². The highest BCUT2D eigenvalue weighted by Gasteiger charge is 2.52. The molecule has 4 aromatic heterocycles. The van der Waals surface area contributed by atoms with Gasteiger partial charge in [-0.05, 0) is 160 Å². The van der Waals surface area contributed by atoms with E-state index >= 15 is 8.78 Å². The summed E-state index contributed by atoms with van der Waals surface area (Å²) >= 11 is 5.59. The third-order valence-corrected chi connectivity index (χ3v) is 13.0. The van der Waals surface area contributed by atoms with Gasteiger partial charge in [0.25, 0.3) is 0 Å². The molecule has 0 unspecified atom stereocenters. The number of ether oxygens (including phenoxy) is 2. The maximum atomic E-state index is 15.3. The first-order chi connectivity index (χ1) is 35.7. The third-order valence-electron chi connectivity index (χ3n) is 12.8. The Balaban J connectivity index is 0.000000178. The highest BCUT2D eigenvalue weighted by Crippen LogP contribution is 2.38. The molecular formula is C52H68BClF2N14O6. The number of nitrogens with one attached hydrogen (secondary N) is 4. The van der Waals surface area contributed by atoms with E-state index in [1.165, 1.54) is 24.8 Å². The van der Waals surface area contributed by atoms with E-state index in [1.807, 2.05) is 82.4 Å². The summed E-state index contributed by atoms with van der Waals surface area (Å²) in [6.45, 7) is 18.7. The van der Waals surface area contributed by atoms with Crippen LogP contribution in [-0.4, -0.2) is 91.2 Å². The van der Waals surface area contributed by atoms with Gasteiger partial charge in [-0.25, -0.2) is 38.3 Å². The van der Waals surface area contributed by atoms with Gasteiger partial charge >= 0.3 is 19.3 Å². The third kappa shape index (κ3) is 15.4. The van der Waals surface area contributed by atoms with Crippen LogP contribution in [0.2, 0.25) is 5.28 Å². The lowest BCUT2D eigenvalue weighted by atomic mass is 9.76. The fourth-order valence-electron chi connectivity index (χ4n) is 8.58. The van der Waals surface area contributed by atoms with Gasteiger partial charge in [-0.15, -0.1) is 0 Å². The fourth-order valence-corrected chi connectivity index (χ4v) is 8.70. The summed E-state index contributed by atoms with van der Waals surface area (Å²) in [7, 11) is 2.89. The summed E-state index contributed by atoms with van der Waals surface area (Å²) < 4.78 is 56.6. The number of nitrogens with zero attached hydrogens (tertiary/aromatic N) is 10. The van der Waals surface area contributed by atoms with Gasteiger partial charge in [0, 0.05) is 32.0 Å². The molecule has 9 rings (SSSR count). The van der Waals surface area contributed by atoms with Crippen molar-refractivity contribution in [1.82, 2.24) is 60.1 Å². The van der Waals surface area contributed by atoms with Crippen LogP contribution in [0.15, 0.2) is 61.7 Å². The predicted octanol–water partition coefficient (Wildman–Crippen LogP) is 9.87. The van der Waals surface area contributed by atoms with Gasteiger partial charge < -0.3 is 40.0 Å². The second-order valence-corrected chi connectivity index (χ2v) is 22.2. The van der Waals surface area contributed by atoms with Crippen molar-refractivity contribution in [2.45, 2.75) is 155 Å². The summed E-state index contributed by atoms with van der Waals surface area (Å²) in [5, 5.41) is 20.1.